The van der Waals surface area contributed by atoms with Gasteiger partial charge in [-0.2, -0.15) is 0 Å². The van der Waals surface area contributed by atoms with Gasteiger partial charge < -0.3 is 4.74 Å². The van der Waals surface area contributed by atoms with Crippen molar-refractivity contribution < 1.29 is 19.2 Å². The van der Waals surface area contributed by atoms with Crippen molar-refractivity contribution in [2.75, 3.05) is 39.5 Å². The minimum Gasteiger partial charge on any atom is -0.379 e. The zero-order valence-corrected chi connectivity index (χ0v) is 11.8. The number of fused-ring (bicyclic) bond motifs is 1. The van der Waals surface area contributed by atoms with Crippen LogP contribution in [0.2, 0.25) is 0 Å². The molecule has 6 nitrogen and oxygen atoms in total. The Hall–Kier alpha value is -1.76. The molecule has 0 spiro atoms. The lowest BCUT2D eigenvalue weighted by Gasteiger charge is -2.26. The van der Waals surface area contributed by atoms with Gasteiger partial charge in [0, 0.05) is 19.6 Å². The molecule has 0 aliphatic carbocycles. The van der Waals surface area contributed by atoms with E-state index in [0.717, 1.165) is 44.3 Å². The van der Waals surface area contributed by atoms with Crippen LogP contribution in [-0.4, -0.2) is 61.2 Å². The summed E-state index contributed by atoms with van der Waals surface area (Å²) in [4.78, 5) is 31.8. The number of hydrogen-bond acceptors (Lipinski definition) is 5. The number of hydrogen-bond donors (Lipinski definition) is 0. The van der Waals surface area contributed by atoms with Crippen molar-refractivity contribution in [3.05, 3.63) is 35.4 Å². The van der Waals surface area contributed by atoms with Crippen LogP contribution < -0.4 is 0 Å². The molecule has 0 N–H and O–H groups in total. The van der Waals surface area contributed by atoms with Crippen LogP contribution in [0.15, 0.2) is 24.3 Å². The van der Waals surface area contributed by atoms with E-state index in [1.807, 2.05) is 0 Å². The van der Waals surface area contributed by atoms with Crippen LogP contribution in [0.5, 0.6) is 0 Å². The van der Waals surface area contributed by atoms with E-state index in [4.69, 9.17) is 9.57 Å². The van der Waals surface area contributed by atoms with Gasteiger partial charge in [-0.1, -0.05) is 12.1 Å². The summed E-state index contributed by atoms with van der Waals surface area (Å²) in [5.41, 5.74) is 0.825. The number of benzene rings is 1. The zero-order valence-electron chi connectivity index (χ0n) is 11.8. The van der Waals surface area contributed by atoms with E-state index in [9.17, 15) is 9.59 Å². The molecule has 1 aromatic carbocycles. The highest BCUT2D eigenvalue weighted by atomic mass is 16.7. The molecule has 1 saturated heterocycles. The second kappa shape index (κ2) is 6.34. The summed E-state index contributed by atoms with van der Waals surface area (Å²) in [6, 6.07) is 6.77. The molecule has 2 aliphatic heterocycles. The lowest BCUT2D eigenvalue weighted by atomic mass is 10.1. The molecule has 2 aliphatic rings. The molecule has 1 fully saturated rings. The first kappa shape index (κ1) is 14.2. The summed E-state index contributed by atoms with van der Waals surface area (Å²) in [6.45, 7) is 4.61. The lowest BCUT2D eigenvalue weighted by molar-refractivity contribution is -0.0939. The number of ether oxygens (including phenoxy) is 1. The summed E-state index contributed by atoms with van der Waals surface area (Å²) >= 11 is 0. The molecule has 0 unspecified atom stereocenters. The van der Waals surface area contributed by atoms with Gasteiger partial charge in [-0.15, -0.1) is 5.06 Å². The molecule has 1 aromatic rings. The first-order chi connectivity index (χ1) is 10.3. The molecule has 0 bridgehead atoms. The van der Waals surface area contributed by atoms with Gasteiger partial charge in [0.1, 0.15) is 0 Å². The second-order valence-corrected chi connectivity index (χ2v) is 5.09. The van der Waals surface area contributed by atoms with Crippen molar-refractivity contribution in [1.82, 2.24) is 9.96 Å². The Kier molecular flexibility index (Phi) is 4.28. The standard InChI is InChI=1S/C15H18N2O4/c18-14-12-4-1-2-5-13(12)15(19)17(14)21-9-3-6-16-7-10-20-11-8-16/h1-2,4-5H,3,6-11H2. The molecular formula is C15H18N2O4. The number of nitrogens with zero attached hydrogens (tertiary/aromatic N) is 2. The Morgan fingerprint density at radius 3 is 2.29 bits per heavy atom. The number of carbonyl (C=O) groups is 2. The summed E-state index contributed by atoms with van der Waals surface area (Å²) in [5, 5.41) is 0.879. The molecule has 0 saturated carbocycles. The van der Waals surface area contributed by atoms with Gasteiger partial charge in [-0.05, 0) is 18.6 Å². The van der Waals surface area contributed by atoms with Gasteiger partial charge in [-0.25, -0.2) is 0 Å². The fraction of sp³-hybridized carbons (Fsp3) is 0.467. The molecule has 3 rings (SSSR count). The van der Waals surface area contributed by atoms with Gasteiger partial charge in [0.25, 0.3) is 11.8 Å². The highest BCUT2D eigenvalue weighted by molar-refractivity contribution is 6.20. The molecule has 0 radical (unpaired) electrons. The van der Waals surface area contributed by atoms with Crippen LogP contribution in [0.25, 0.3) is 0 Å². The molecule has 0 atom stereocenters. The van der Waals surface area contributed by atoms with Crippen LogP contribution >= 0.6 is 0 Å². The maximum absolute atomic E-state index is 12.1. The molecule has 21 heavy (non-hydrogen) atoms. The smallest absolute Gasteiger partial charge is 0.285 e. The molecule has 2 amide bonds. The fourth-order valence-electron chi connectivity index (χ4n) is 2.55. The van der Waals surface area contributed by atoms with Crippen molar-refractivity contribution >= 4 is 11.8 Å². The van der Waals surface area contributed by atoms with Crippen LogP contribution in [-0.2, 0) is 9.57 Å². The SMILES string of the molecule is O=C1c2ccccc2C(=O)N1OCCCN1CCOCC1. The summed E-state index contributed by atoms with van der Waals surface area (Å²) in [5.74, 6) is -0.746. The Morgan fingerprint density at radius 1 is 1.05 bits per heavy atom. The summed E-state index contributed by atoms with van der Waals surface area (Å²) in [7, 11) is 0. The minimum absolute atomic E-state index is 0.350. The molecule has 2 heterocycles. The number of carbonyl (C=O) groups excluding carboxylic acids is 2. The summed E-state index contributed by atoms with van der Waals surface area (Å²) < 4.78 is 5.28. The van der Waals surface area contributed by atoms with Gasteiger partial charge in [0.15, 0.2) is 0 Å². The average Bonchev–Trinajstić information content (AvgIpc) is 2.77. The summed E-state index contributed by atoms with van der Waals surface area (Å²) in [6.07, 6.45) is 0.771. The third-order valence-electron chi connectivity index (χ3n) is 3.70. The molecule has 0 aromatic heterocycles. The third-order valence-corrected chi connectivity index (χ3v) is 3.70. The second-order valence-electron chi connectivity index (χ2n) is 5.09. The van der Waals surface area contributed by atoms with E-state index in [1.165, 1.54) is 0 Å². The lowest BCUT2D eigenvalue weighted by Crippen LogP contribution is -2.37. The first-order valence-corrected chi connectivity index (χ1v) is 7.18. The van der Waals surface area contributed by atoms with Gasteiger partial charge >= 0.3 is 0 Å². The van der Waals surface area contributed by atoms with Crippen molar-refractivity contribution in [3.8, 4) is 0 Å². The van der Waals surface area contributed by atoms with Crippen LogP contribution in [0, 0.1) is 0 Å². The predicted molar refractivity (Wildman–Crippen MR) is 74.8 cm³/mol. The first-order valence-electron chi connectivity index (χ1n) is 7.18. The Labute approximate surface area is 123 Å². The van der Waals surface area contributed by atoms with E-state index in [-0.39, 0.29) is 11.8 Å². The number of amides is 2. The third kappa shape index (κ3) is 2.97. The predicted octanol–water partition coefficient (Wildman–Crippen LogP) is 0.937. The number of imide groups is 1. The van der Waals surface area contributed by atoms with Crippen molar-refractivity contribution in [2.24, 2.45) is 0 Å². The Morgan fingerprint density at radius 2 is 1.67 bits per heavy atom. The number of morpholine rings is 1. The Balaban J connectivity index is 1.48. The van der Waals surface area contributed by atoms with E-state index in [1.54, 1.807) is 24.3 Å². The van der Waals surface area contributed by atoms with Crippen LogP contribution in [0.4, 0.5) is 0 Å². The largest absolute Gasteiger partial charge is 0.379 e. The topological polar surface area (TPSA) is 59.1 Å². The monoisotopic (exact) mass is 290 g/mol. The molecule has 6 heteroatoms. The molecule has 112 valence electrons. The minimum atomic E-state index is -0.373. The Bertz CT molecular complexity index is 505. The molecular weight excluding hydrogens is 272 g/mol. The number of hydroxylamine groups is 2. The van der Waals surface area contributed by atoms with Crippen molar-refractivity contribution in [2.45, 2.75) is 6.42 Å². The van der Waals surface area contributed by atoms with Crippen LogP contribution in [0.1, 0.15) is 27.1 Å². The maximum atomic E-state index is 12.1. The maximum Gasteiger partial charge on any atom is 0.285 e. The number of rotatable bonds is 5. The van der Waals surface area contributed by atoms with Gasteiger partial charge in [0.2, 0.25) is 0 Å². The van der Waals surface area contributed by atoms with E-state index < -0.39 is 0 Å². The fourth-order valence-corrected chi connectivity index (χ4v) is 2.55. The van der Waals surface area contributed by atoms with Gasteiger partial charge in [-0.3, -0.25) is 19.3 Å². The average molecular weight is 290 g/mol. The zero-order chi connectivity index (χ0) is 14.7. The highest BCUT2D eigenvalue weighted by Gasteiger charge is 2.36. The van der Waals surface area contributed by atoms with Crippen molar-refractivity contribution in [3.63, 3.8) is 0 Å². The van der Waals surface area contributed by atoms with E-state index in [2.05, 4.69) is 4.90 Å². The quantitative estimate of drug-likeness (QED) is 0.596. The van der Waals surface area contributed by atoms with Crippen molar-refractivity contribution in [1.29, 1.82) is 0 Å². The van der Waals surface area contributed by atoms with Gasteiger partial charge in [0.05, 0.1) is 30.9 Å². The highest BCUT2D eigenvalue weighted by Crippen LogP contribution is 2.22. The van der Waals surface area contributed by atoms with E-state index in [0.29, 0.717) is 17.7 Å². The van der Waals surface area contributed by atoms with Crippen LogP contribution in [0.3, 0.4) is 0 Å². The normalized spacial score (nSPS) is 19.1. The van der Waals surface area contributed by atoms with E-state index >= 15 is 0 Å².